The molecule has 0 bridgehead atoms. The van der Waals surface area contributed by atoms with Crippen molar-refractivity contribution in [2.45, 2.75) is 13.0 Å². The smallest absolute Gasteiger partial charge is 0.254 e. The van der Waals surface area contributed by atoms with E-state index < -0.39 is 0 Å². The highest BCUT2D eigenvalue weighted by molar-refractivity contribution is 5.94. The van der Waals surface area contributed by atoms with Crippen LogP contribution in [0.1, 0.15) is 27.9 Å². The standard InChI is InChI=1S/C25H30N4O2/c1-27-9-2-10-28(12-11-27)19-20-3-8-24(23(17-20)18-26)21-4-6-22(7-5-21)25(30)29-13-15-31-16-14-29/h3-8,17H,2,9-16,19H2,1H3. The SMILES string of the molecule is CN1CCCN(Cc2ccc(-c3ccc(C(=O)N4CCOCC4)cc3)c(C#N)c2)CC1. The van der Waals surface area contributed by atoms with Crippen LogP contribution < -0.4 is 0 Å². The predicted octanol–water partition coefficient (Wildman–Crippen LogP) is 2.84. The van der Waals surface area contributed by atoms with Crippen LogP contribution in [0.15, 0.2) is 42.5 Å². The van der Waals surface area contributed by atoms with Gasteiger partial charge < -0.3 is 14.5 Å². The first-order valence-electron chi connectivity index (χ1n) is 11.1. The van der Waals surface area contributed by atoms with E-state index in [1.165, 1.54) is 12.0 Å². The van der Waals surface area contributed by atoms with Crippen molar-refractivity contribution in [3.8, 4) is 17.2 Å². The molecule has 0 saturated carbocycles. The number of nitriles is 1. The third-order valence-corrected chi connectivity index (χ3v) is 6.16. The molecule has 0 aliphatic carbocycles. The van der Waals surface area contributed by atoms with E-state index in [4.69, 9.17) is 4.74 Å². The Hall–Kier alpha value is -2.72. The van der Waals surface area contributed by atoms with Crippen molar-refractivity contribution < 1.29 is 9.53 Å². The van der Waals surface area contributed by atoms with Gasteiger partial charge in [0.2, 0.25) is 0 Å². The normalized spacial score (nSPS) is 18.4. The van der Waals surface area contributed by atoms with Gasteiger partial charge in [-0.15, -0.1) is 0 Å². The third-order valence-electron chi connectivity index (χ3n) is 6.16. The third kappa shape index (κ3) is 5.31. The van der Waals surface area contributed by atoms with E-state index in [0.29, 0.717) is 37.4 Å². The monoisotopic (exact) mass is 418 g/mol. The molecule has 162 valence electrons. The highest BCUT2D eigenvalue weighted by Gasteiger charge is 2.19. The molecule has 2 saturated heterocycles. The zero-order chi connectivity index (χ0) is 21.6. The number of rotatable bonds is 4. The summed E-state index contributed by atoms with van der Waals surface area (Å²) in [7, 11) is 2.17. The van der Waals surface area contributed by atoms with Crippen molar-refractivity contribution in [2.24, 2.45) is 0 Å². The zero-order valence-corrected chi connectivity index (χ0v) is 18.2. The first-order chi connectivity index (χ1) is 15.1. The summed E-state index contributed by atoms with van der Waals surface area (Å²) in [5, 5.41) is 9.76. The van der Waals surface area contributed by atoms with E-state index in [0.717, 1.165) is 43.9 Å². The lowest BCUT2D eigenvalue weighted by Crippen LogP contribution is -2.40. The second kappa shape index (κ2) is 10.1. The minimum atomic E-state index is 0.0359. The summed E-state index contributed by atoms with van der Waals surface area (Å²) in [6.45, 7) is 7.69. The molecular weight excluding hydrogens is 388 g/mol. The highest BCUT2D eigenvalue weighted by Crippen LogP contribution is 2.26. The van der Waals surface area contributed by atoms with Crippen molar-refractivity contribution in [1.29, 1.82) is 5.26 Å². The Bertz CT molecular complexity index is 945. The zero-order valence-electron chi connectivity index (χ0n) is 18.2. The Balaban J connectivity index is 1.47. The van der Waals surface area contributed by atoms with Crippen LogP contribution in [0, 0.1) is 11.3 Å². The van der Waals surface area contributed by atoms with Gasteiger partial charge in [0.25, 0.3) is 5.91 Å². The second-order valence-electron chi connectivity index (χ2n) is 8.41. The largest absolute Gasteiger partial charge is 0.378 e. The predicted molar refractivity (Wildman–Crippen MR) is 121 cm³/mol. The van der Waals surface area contributed by atoms with E-state index in [2.05, 4.69) is 29.0 Å². The fourth-order valence-electron chi connectivity index (χ4n) is 4.29. The molecule has 0 aromatic heterocycles. The maximum atomic E-state index is 12.7. The number of hydrogen-bond acceptors (Lipinski definition) is 5. The molecule has 4 rings (SSSR count). The van der Waals surface area contributed by atoms with Gasteiger partial charge in [-0.1, -0.05) is 24.3 Å². The molecule has 2 aliphatic heterocycles. The second-order valence-corrected chi connectivity index (χ2v) is 8.41. The number of nitrogens with zero attached hydrogens (tertiary/aromatic N) is 4. The lowest BCUT2D eigenvalue weighted by molar-refractivity contribution is 0.0303. The Morgan fingerprint density at radius 2 is 1.77 bits per heavy atom. The molecule has 0 N–H and O–H groups in total. The van der Waals surface area contributed by atoms with Gasteiger partial charge >= 0.3 is 0 Å². The Labute approximate surface area is 184 Å². The molecule has 6 nitrogen and oxygen atoms in total. The van der Waals surface area contributed by atoms with Gasteiger partial charge in [-0.2, -0.15) is 5.26 Å². The quantitative estimate of drug-likeness (QED) is 0.764. The van der Waals surface area contributed by atoms with Crippen LogP contribution in [-0.4, -0.2) is 80.1 Å². The average Bonchev–Trinajstić information content (AvgIpc) is 3.03. The van der Waals surface area contributed by atoms with Gasteiger partial charge in [0.05, 0.1) is 24.8 Å². The Kier molecular flexibility index (Phi) is 6.98. The van der Waals surface area contributed by atoms with E-state index in [-0.39, 0.29) is 5.91 Å². The lowest BCUT2D eigenvalue weighted by atomic mass is 9.97. The summed E-state index contributed by atoms with van der Waals surface area (Å²) in [6.07, 6.45) is 1.18. The van der Waals surface area contributed by atoms with Gasteiger partial charge in [0.1, 0.15) is 0 Å². The molecule has 0 unspecified atom stereocenters. The van der Waals surface area contributed by atoms with Crippen LogP contribution in [0.5, 0.6) is 0 Å². The van der Waals surface area contributed by atoms with Crippen LogP contribution in [0.2, 0.25) is 0 Å². The van der Waals surface area contributed by atoms with Crippen molar-refractivity contribution in [3.05, 3.63) is 59.2 Å². The summed E-state index contributed by atoms with van der Waals surface area (Å²) >= 11 is 0. The van der Waals surface area contributed by atoms with E-state index in [1.54, 1.807) is 0 Å². The van der Waals surface area contributed by atoms with Gasteiger partial charge in [0, 0.05) is 38.3 Å². The first kappa shape index (κ1) is 21.5. The van der Waals surface area contributed by atoms with E-state index in [9.17, 15) is 10.1 Å². The highest BCUT2D eigenvalue weighted by atomic mass is 16.5. The van der Waals surface area contributed by atoms with Crippen LogP contribution in [0.25, 0.3) is 11.1 Å². The number of amides is 1. The maximum absolute atomic E-state index is 12.7. The fraction of sp³-hybridized carbons (Fsp3) is 0.440. The van der Waals surface area contributed by atoms with Crippen molar-refractivity contribution in [2.75, 3.05) is 59.5 Å². The molecule has 2 heterocycles. The molecule has 31 heavy (non-hydrogen) atoms. The summed E-state index contributed by atoms with van der Waals surface area (Å²) in [5.74, 6) is 0.0359. The number of carbonyl (C=O) groups is 1. The van der Waals surface area contributed by atoms with Gasteiger partial charge in [0.15, 0.2) is 0 Å². The first-order valence-corrected chi connectivity index (χ1v) is 11.1. The molecule has 2 fully saturated rings. The van der Waals surface area contributed by atoms with Crippen LogP contribution in [0.3, 0.4) is 0 Å². The fourth-order valence-corrected chi connectivity index (χ4v) is 4.29. The topological polar surface area (TPSA) is 59.8 Å². The number of hydrogen-bond donors (Lipinski definition) is 0. The molecule has 2 aliphatic rings. The summed E-state index contributed by atoms with van der Waals surface area (Å²) in [6, 6.07) is 16.1. The van der Waals surface area contributed by atoms with Crippen LogP contribution in [0.4, 0.5) is 0 Å². The number of ether oxygens (including phenoxy) is 1. The molecule has 0 spiro atoms. The van der Waals surface area contributed by atoms with Gasteiger partial charge in [-0.3, -0.25) is 9.69 Å². The number of benzene rings is 2. The summed E-state index contributed by atoms with van der Waals surface area (Å²) in [5.41, 5.74) is 4.39. The number of carbonyl (C=O) groups excluding carboxylic acids is 1. The summed E-state index contributed by atoms with van der Waals surface area (Å²) in [4.78, 5) is 19.3. The molecular formula is C25H30N4O2. The molecule has 6 heteroatoms. The Morgan fingerprint density at radius 1 is 1.00 bits per heavy atom. The van der Waals surface area contributed by atoms with Gasteiger partial charge in [-0.05, 0) is 61.4 Å². The van der Waals surface area contributed by atoms with Crippen molar-refractivity contribution in [3.63, 3.8) is 0 Å². The molecule has 0 atom stereocenters. The molecule has 2 aromatic carbocycles. The van der Waals surface area contributed by atoms with Crippen LogP contribution >= 0.6 is 0 Å². The average molecular weight is 419 g/mol. The van der Waals surface area contributed by atoms with Gasteiger partial charge in [-0.25, -0.2) is 0 Å². The summed E-state index contributed by atoms with van der Waals surface area (Å²) < 4.78 is 5.33. The lowest BCUT2D eigenvalue weighted by Gasteiger charge is -2.26. The minimum absolute atomic E-state index is 0.0359. The minimum Gasteiger partial charge on any atom is -0.378 e. The van der Waals surface area contributed by atoms with Crippen LogP contribution in [-0.2, 0) is 11.3 Å². The van der Waals surface area contributed by atoms with Crippen molar-refractivity contribution in [1.82, 2.24) is 14.7 Å². The molecule has 2 aromatic rings. The molecule has 1 amide bonds. The molecule has 0 radical (unpaired) electrons. The number of morpholine rings is 1. The Morgan fingerprint density at radius 3 is 2.52 bits per heavy atom. The van der Waals surface area contributed by atoms with Crippen molar-refractivity contribution >= 4 is 5.91 Å². The number of likely N-dealkylation sites (N-methyl/N-ethyl adjacent to an activating group) is 1. The van der Waals surface area contributed by atoms with E-state index >= 15 is 0 Å². The maximum Gasteiger partial charge on any atom is 0.254 e. The van der Waals surface area contributed by atoms with E-state index in [1.807, 2.05) is 41.3 Å².